The number of hydrogen-bond donors (Lipinski definition) is 1. The number of rotatable bonds is 5. The maximum atomic E-state index is 12.7. The second kappa shape index (κ2) is 6.99. The summed E-state index contributed by atoms with van der Waals surface area (Å²) in [6, 6.07) is 2.49. The van der Waals surface area contributed by atoms with Crippen LogP contribution in [0.3, 0.4) is 0 Å². The largest absolute Gasteiger partial charge is 0.341 e. The predicted molar refractivity (Wildman–Crippen MR) is 77.5 cm³/mol. The molecule has 24 heavy (non-hydrogen) atoms. The molecule has 1 amide bonds. The molecule has 1 aromatic heterocycles. The zero-order valence-electron chi connectivity index (χ0n) is 11.2. The molecule has 13 heteroatoms. The Morgan fingerprint density at radius 3 is 2.46 bits per heavy atom. The van der Waals surface area contributed by atoms with E-state index in [-0.39, 0.29) is 10.7 Å². The first kappa shape index (κ1) is 18.5. The highest BCUT2D eigenvalue weighted by Gasteiger charge is 2.28. The monoisotopic (exact) mass is 403 g/mol. The second-order valence-electron chi connectivity index (χ2n) is 4.19. The zero-order chi connectivity index (χ0) is 18.1. The van der Waals surface area contributed by atoms with E-state index in [2.05, 4.69) is 14.9 Å². The van der Waals surface area contributed by atoms with Gasteiger partial charge in [-0.2, -0.15) is 8.78 Å². The van der Waals surface area contributed by atoms with Crippen LogP contribution < -0.4 is 5.32 Å². The lowest BCUT2D eigenvalue weighted by Gasteiger charge is -2.09. The highest BCUT2D eigenvalue weighted by atomic mass is 35.5. The van der Waals surface area contributed by atoms with Gasteiger partial charge in [0, 0.05) is 0 Å². The van der Waals surface area contributed by atoms with Crippen molar-refractivity contribution in [3.63, 3.8) is 0 Å². The van der Waals surface area contributed by atoms with Gasteiger partial charge in [-0.15, -0.1) is 5.10 Å². The van der Waals surface area contributed by atoms with E-state index in [9.17, 15) is 30.8 Å². The van der Waals surface area contributed by atoms with E-state index in [1.165, 1.54) is 0 Å². The van der Waals surface area contributed by atoms with Crippen molar-refractivity contribution in [2.75, 3.05) is 5.32 Å². The lowest BCUT2D eigenvalue weighted by atomic mass is 10.3. The molecule has 130 valence electrons. The van der Waals surface area contributed by atoms with Crippen molar-refractivity contribution >= 4 is 44.6 Å². The third kappa shape index (κ3) is 3.65. The van der Waals surface area contributed by atoms with E-state index in [1.807, 2.05) is 0 Å². The summed E-state index contributed by atoms with van der Waals surface area (Å²) in [5.74, 6) is -4.63. The highest BCUT2D eigenvalue weighted by molar-refractivity contribution is 7.91. The number of carbonyl (C=O) groups excluding carboxylic acids is 1. The SMILES string of the molecule is O=C(Nc1ccc(S(=O)(=O)C(F)F)cc1Cl)c1snnc1C(F)F. The van der Waals surface area contributed by atoms with Gasteiger partial charge in [0.15, 0.2) is 5.69 Å². The third-order valence-electron chi connectivity index (χ3n) is 2.68. The van der Waals surface area contributed by atoms with Crippen LogP contribution >= 0.6 is 23.1 Å². The first-order valence-electron chi connectivity index (χ1n) is 5.88. The summed E-state index contributed by atoms with van der Waals surface area (Å²) in [6.07, 6.45) is -3.02. The molecule has 2 aromatic rings. The van der Waals surface area contributed by atoms with Gasteiger partial charge in [-0.05, 0) is 29.7 Å². The number of hydrogen-bond acceptors (Lipinski definition) is 6. The van der Waals surface area contributed by atoms with Gasteiger partial charge in [0.1, 0.15) is 4.88 Å². The van der Waals surface area contributed by atoms with Gasteiger partial charge in [-0.25, -0.2) is 17.2 Å². The van der Waals surface area contributed by atoms with Crippen molar-refractivity contribution in [1.82, 2.24) is 9.59 Å². The number of benzene rings is 1. The van der Waals surface area contributed by atoms with Gasteiger partial charge in [0.2, 0.25) is 9.84 Å². The molecule has 0 aliphatic carbocycles. The average Bonchev–Trinajstić information content (AvgIpc) is 2.98. The van der Waals surface area contributed by atoms with E-state index < -0.39 is 43.4 Å². The predicted octanol–water partition coefficient (Wildman–Crippen LogP) is 3.38. The molecule has 0 unspecified atom stereocenters. The van der Waals surface area contributed by atoms with Gasteiger partial charge in [-0.1, -0.05) is 16.1 Å². The molecule has 0 saturated heterocycles. The highest BCUT2D eigenvalue weighted by Crippen LogP contribution is 2.29. The van der Waals surface area contributed by atoms with Gasteiger partial charge < -0.3 is 5.32 Å². The smallest absolute Gasteiger partial charge is 0.320 e. The molecule has 0 atom stereocenters. The molecule has 1 aromatic carbocycles. The number of amides is 1. The number of anilines is 1. The minimum absolute atomic E-state index is 0.150. The summed E-state index contributed by atoms with van der Waals surface area (Å²) in [7, 11) is -4.85. The van der Waals surface area contributed by atoms with Crippen LogP contribution in [0.1, 0.15) is 21.8 Å². The second-order valence-corrected chi connectivity index (χ2v) is 7.27. The Morgan fingerprint density at radius 1 is 1.25 bits per heavy atom. The third-order valence-corrected chi connectivity index (χ3v) is 5.11. The average molecular weight is 404 g/mol. The summed E-state index contributed by atoms with van der Waals surface area (Å²) in [5, 5.41) is 4.93. The number of nitrogens with one attached hydrogen (secondary N) is 1. The van der Waals surface area contributed by atoms with Gasteiger partial charge in [0.05, 0.1) is 15.6 Å². The molecule has 2 rings (SSSR count). The lowest BCUT2D eigenvalue weighted by molar-refractivity contribution is 0.101. The zero-order valence-corrected chi connectivity index (χ0v) is 13.6. The van der Waals surface area contributed by atoms with Gasteiger partial charge in [0.25, 0.3) is 12.3 Å². The number of alkyl halides is 4. The van der Waals surface area contributed by atoms with Crippen LogP contribution in [0.15, 0.2) is 23.1 Å². The number of aromatic nitrogens is 2. The standard InChI is InChI=1S/C11H6ClF4N3O3S2/c12-5-3-4(24(21,22)11(15)16)1-2-6(5)17-10(20)8-7(9(13)14)18-19-23-8/h1-3,9,11H,(H,17,20). The number of halogens is 5. The molecular formula is C11H6ClF4N3O3S2. The minimum atomic E-state index is -4.85. The van der Waals surface area contributed by atoms with E-state index in [4.69, 9.17) is 11.6 Å². The van der Waals surface area contributed by atoms with Crippen LogP contribution in [0.4, 0.5) is 23.2 Å². The molecule has 0 radical (unpaired) electrons. The fourth-order valence-corrected chi connectivity index (χ4v) is 3.16. The molecule has 0 aliphatic heterocycles. The van der Waals surface area contributed by atoms with Crippen LogP contribution in [-0.2, 0) is 9.84 Å². The van der Waals surface area contributed by atoms with Crippen LogP contribution in [0, 0.1) is 0 Å². The van der Waals surface area contributed by atoms with Gasteiger partial charge >= 0.3 is 5.76 Å². The maximum absolute atomic E-state index is 12.7. The van der Waals surface area contributed by atoms with Crippen LogP contribution in [-0.4, -0.2) is 29.7 Å². The fraction of sp³-hybridized carbons (Fsp3) is 0.182. The fourth-order valence-electron chi connectivity index (χ4n) is 1.55. The quantitative estimate of drug-likeness (QED) is 0.773. The van der Waals surface area contributed by atoms with Crippen molar-refractivity contribution < 1.29 is 30.8 Å². The van der Waals surface area contributed by atoms with Crippen LogP contribution in [0.2, 0.25) is 5.02 Å². The van der Waals surface area contributed by atoms with Crippen molar-refractivity contribution in [1.29, 1.82) is 0 Å². The first-order chi connectivity index (χ1) is 11.1. The Balaban J connectivity index is 2.28. The van der Waals surface area contributed by atoms with Crippen LogP contribution in [0.5, 0.6) is 0 Å². The Morgan fingerprint density at radius 2 is 1.92 bits per heavy atom. The van der Waals surface area contributed by atoms with E-state index in [0.717, 1.165) is 18.2 Å². The molecule has 0 fully saturated rings. The van der Waals surface area contributed by atoms with E-state index in [1.54, 1.807) is 0 Å². The van der Waals surface area contributed by atoms with E-state index >= 15 is 0 Å². The van der Waals surface area contributed by atoms with Crippen LogP contribution in [0.25, 0.3) is 0 Å². The molecule has 0 spiro atoms. The minimum Gasteiger partial charge on any atom is -0.320 e. The Labute approximate surface area is 141 Å². The molecule has 0 aliphatic rings. The van der Waals surface area contributed by atoms with Gasteiger partial charge in [-0.3, -0.25) is 4.79 Å². The Bertz CT molecular complexity index is 873. The first-order valence-corrected chi connectivity index (χ1v) is 8.57. The number of carbonyl (C=O) groups is 1. The molecule has 1 N–H and O–H groups in total. The summed E-state index contributed by atoms with van der Waals surface area (Å²) in [6.45, 7) is 0. The number of nitrogens with zero attached hydrogens (tertiary/aromatic N) is 2. The summed E-state index contributed by atoms with van der Waals surface area (Å²) in [5.41, 5.74) is -0.964. The Hall–Kier alpha value is -1.79. The summed E-state index contributed by atoms with van der Waals surface area (Å²) >= 11 is 6.18. The summed E-state index contributed by atoms with van der Waals surface area (Å²) < 4.78 is 76.2. The molecule has 0 saturated carbocycles. The number of sulfone groups is 1. The molecule has 1 heterocycles. The topological polar surface area (TPSA) is 89.0 Å². The molecule has 0 bridgehead atoms. The summed E-state index contributed by atoms with van der Waals surface area (Å²) in [4.78, 5) is 10.7. The van der Waals surface area contributed by atoms with Crippen molar-refractivity contribution in [2.24, 2.45) is 0 Å². The van der Waals surface area contributed by atoms with E-state index in [0.29, 0.717) is 11.5 Å². The lowest BCUT2D eigenvalue weighted by Crippen LogP contribution is -2.14. The van der Waals surface area contributed by atoms with Crippen molar-refractivity contribution in [3.05, 3.63) is 33.8 Å². The normalized spacial score (nSPS) is 12.0. The molecule has 6 nitrogen and oxygen atoms in total. The maximum Gasteiger partial charge on any atom is 0.341 e. The Kier molecular flexibility index (Phi) is 5.40. The van der Waals surface area contributed by atoms with Crippen molar-refractivity contribution in [3.8, 4) is 0 Å². The van der Waals surface area contributed by atoms with Crippen molar-refractivity contribution in [2.45, 2.75) is 17.1 Å². The molecular weight excluding hydrogens is 398 g/mol.